The number of aromatic nitrogens is 3. The number of oxazole rings is 1. The van der Waals surface area contributed by atoms with E-state index >= 15 is 0 Å². The summed E-state index contributed by atoms with van der Waals surface area (Å²) in [5, 5.41) is 6.15. The number of benzene rings is 1. The summed E-state index contributed by atoms with van der Waals surface area (Å²) in [5.74, 6) is -0.515. The van der Waals surface area contributed by atoms with Gasteiger partial charge >= 0.3 is 0 Å². The Morgan fingerprint density at radius 2 is 2.12 bits per heavy atom. The number of imidazole rings is 1. The summed E-state index contributed by atoms with van der Waals surface area (Å²) in [4.78, 5) is 27.2. The number of nitrogens with zero attached hydrogens (tertiary/aromatic N) is 3. The van der Waals surface area contributed by atoms with Gasteiger partial charge in [-0.1, -0.05) is 17.7 Å². The topological polar surface area (TPSA) is 108 Å². The first-order valence-electron chi connectivity index (χ1n) is 10.2. The Balaban J connectivity index is 1.43. The van der Waals surface area contributed by atoms with Crippen molar-refractivity contribution >= 4 is 35.3 Å². The smallest absolute Gasteiger partial charge is 0.273 e. The normalized spacial score (nSPS) is 12.4. The molecule has 0 aliphatic heterocycles. The molecule has 0 bridgehead atoms. The van der Waals surface area contributed by atoms with Crippen LogP contribution in [0.1, 0.15) is 29.1 Å². The minimum absolute atomic E-state index is 0.0174. The van der Waals surface area contributed by atoms with E-state index < -0.39 is 17.6 Å². The summed E-state index contributed by atoms with van der Waals surface area (Å²) < 4.78 is 32.9. The molecule has 33 heavy (non-hydrogen) atoms. The van der Waals surface area contributed by atoms with Crippen LogP contribution in [0.5, 0.6) is 0 Å². The Labute approximate surface area is 193 Å². The highest BCUT2D eigenvalue weighted by molar-refractivity contribution is 6.34. The third-order valence-corrected chi connectivity index (χ3v) is 4.94. The van der Waals surface area contributed by atoms with Gasteiger partial charge in [0.2, 0.25) is 0 Å². The van der Waals surface area contributed by atoms with Gasteiger partial charge in [0, 0.05) is 25.9 Å². The minimum Gasteiger partial charge on any atom is -0.448 e. The van der Waals surface area contributed by atoms with E-state index in [1.165, 1.54) is 30.5 Å². The minimum atomic E-state index is -0.574. The fraction of sp³-hybridized carbons (Fsp3) is 0.273. The number of rotatable bonds is 11. The van der Waals surface area contributed by atoms with Gasteiger partial charge in [-0.05, 0) is 31.9 Å². The molecule has 11 heteroatoms. The van der Waals surface area contributed by atoms with Crippen molar-refractivity contribution in [1.82, 2.24) is 25.6 Å². The molecule has 3 N–H and O–H groups in total. The van der Waals surface area contributed by atoms with E-state index in [1.807, 2.05) is 0 Å². The summed E-state index contributed by atoms with van der Waals surface area (Å²) >= 11 is 6.06. The van der Waals surface area contributed by atoms with Crippen molar-refractivity contribution in [2.45, 2.75) is 19.8 Å². The monoisotopic (exact) mass is 476 g/mol. The number of fused-ring (bicyclic) bond motifs is 1. The van der Waals surface area contributed by atoms with E-state index in [0.717, 1.165) is 0 Å². The molecule has 2 heterocycles. The maximum atomic E-state index is 13.8. The van der Waals surface area contributed by atoms with Crippen molar-refractivity contribution in [1.29, 1.82) is 0 Å². The van der Waals surface area contributed by atoms with Crippen molar-refractivity contribution < 1.29 is 18.0 Å². The maximum Gasteiger partial charge on any atom is 0.273 e. The fourth-order valence-electron chi connectivity index (χ4n) is 2.96. The Hall–Kier alpha value is -3.37. The molecule has 0 fully saturated rings. The third kappa shape index (κ3) is 6.33. The Morgan fingerprint density at radius 3 is 2.85 bits per heavy atom. The summed E-state index contributed by atoms with van der Waals surface area (Å²) in [6, 6.07) is 2.77. The van der Waals surface area contributed by atoms with Gasteiger partial charge in [-0.15, -0.1) is 0 Å². The highest BCUT2D eigenvalue weighted by atomic mass is 35.5. The molecule has 1 aromatic carbocycles. The van der Waals surface area contributed by atoms with Crippen LogP contribution in [0.3, 0.4) is 0 Å². The molecule has 3 aromatic rings. The number of carbonyl (C=O) groups is 1. The van der Waals surface area contributed by atoms with Crippen LogP contribution in [0.15, 0.2) is 51.5 Å². The molecule has 2 aromatic heterocycles. The van der Waals surface area contributed by atoms with Crippen LogP contribution in [0.4, 0.5) is 8.78 Å². The summed E-state index contributed by atoms with van der Waals surface area (Å²) in [6.45, 7) is 5.96. The van der Waals surface area contributed by atoms with Gasteiger partial charge in [0.1, 0.15) is 23.4 Å². The number of allylic oxidation sites excluding steroid dienone is 3. The number of amides is 1. The molecule has 0 spiro atoms. The largest absolute Gasteiger partial charge is 0.448 e. The first kappa shape index (κ1) is 24.3. The fourth-order valence-corrected chi connectivity index (χ4v) is 3.16. The molecular formula is C22H23ClF2N6O2. The average Bonchev–Trinajstić information content (AvgIpc) is 3.45. The average molecular weight is 477 g/mol. The number of halogens is 3. The second kappa shape index (κ2) is 11.5. The van der Waals surface area contributed by atoms with E-state index in [4.69, 9.17) is 16.0 Å². The zero-order valence-electron chi connectivity index (χ0n) is 17.9. The number of hydrogen-bond acceptors (Lipinski definition) is 6. The van der Waals surface area contributed by atoms with Gasteiger partial charge in [-0.2, -0.15) is 0 Å². The lowest BCUT2D eigenvalue weighted by Gasteiger charge is -2.03. The molecule has 8 nitrogen and oxygen atoms in total. The number of carbonyl (C=O) groups excluding carboxylic acids is 1. The highest BCUT2D eigenvalue weighted by Crippen LogP contribution is 2.23. The Morgan fingerprint density at radius 1 is 1.33 bits per heavy atom. The van der Waals surface area contributed by atoms with E-state index in [-0.39, 0.29) is 23.5 Å². The highest BCUT2D eigenvalue weighted by Gasteiger charge is 2.14. The van der Waals surface area contributed by atoms with E-state index in [2.05, 4.69) is 37.3 Å². The number of H-pyrrole nitrogens is 1. The lowest BCUT2D eigenvalue weighted by atomic mass is 10.3. The molecule has 0 atom stereocenters. The quantitative estimate of drug-likeness (QED) is 0.221. The lowest BCUT2D eigenvalue weighted by molar-refractivity contribution is 0.0951. The SMILES string of the molecule is C=N/C(CNC(=O)c1coc(CCNCCc2nc3c(F)ccc(Cl)c3[nH]2)n1)=C(F)\C=C/C. The molecule has 3 rings (SSSR count). The predicted molar refractivity (Wildman–Crippen MR) is 123 cm³/mol. The van der Waals surface area contributed by atoms with Crippen LogP contribution in [0.2, 0.25) is 5.02 Å². The second-order valence-corrected chi connectivity index (χ2v) is 7.36. The first-order valence-corrected chi connectivity index (χ1v) is 10.5. The van der Waals surface area contributed by atoms with Crippen molar-refractivity contribution in [3.05, 3.63) is 70.3 Å². The van der Waals surface area contributed by atoms with E-state index in [0.29, 0.717) is 48.2 Å². The zero-order chi connectivity index (χ0) is 23.8. The van der Waals surface area contributed by atoms with Crippen LogP contribution >= 0.6 is 11.6 Å². The van der Waals surface area contributed by atoms with Crippen molar-refractivity contribution in [3.8, 4) is 0 Å². The van der Waals surface area contributed by atoms with Crippen LogP contribution < -0.4 is 10.6 Å². The number of aromatic amines is 1. The van der Waals surface area contributed by atoms with Gasteiger partial charge in [-0.25, -0.2) is 18.7 Å². The number of aliphatic imine (C=N–C) groups is 1. The molecule has 0 unspecified atom stereocenters. The molecule has 0 aliphatic carbocycles. The molecule has 1 amide bonds. The Bertz CT molecular complexity index is 1160. The second-order valence-electron chi connectivity index (χ2n) is 6.95. The number of nitrogens with one attached hydrogen (secondary N) is 3. The molecule has 0 saturated carbocycles. The third-order valence-electron chi connectivity index (χ3n) is 4.63. The van der Waals surface area contributed by atoms with Crippen LogP contribution in [0, 0.1) is 5.82 Å². The summed E-state index contributed by atoms with van der Waals surface area (Å²) in [7, 11) is 0. The molecule has 174 valence electrons. The standard InChI is InChI=1S/C22H23ClF2N6O2/c1-3-4-14(24)16(26-2)11-28-22(32)17-12-33-19(29-17)8-10-27-9-7-18-30-20-13(23)5-6-15(25)21(20)31-18/h3-6,12,27H,2,7-11H2,1H3,(H,28,32)(H,30,31)/b4-3-,16-14+. The van der Waals surface area contributed by atoms with Gasteiger partial charge in [0.15, 0.2) is 17.4 Å². The van der Waals surface area contributed by atoms with E-state index in [9.17, 15) is 13.6 Å². The van der Waals surface area contributed by atoms with Crippen LogP contribution in [0.25, 0.3) is 11.0 Å². The molecule has 0 radical (unpaired) electrons. The lowest BCUT2D eigenvalue weighted by Crippen LogP contribution is -2.26. The predicted octanol–water partition coefficient (Wildman–Crippen LogP) is 3.91. The van der Waals surface area contributed by atoms with Gasteiger partial charge in [0.25, 0.3) is 5.91 Å². The molecule has 0 aliphatic rings. The van der Waals surface area contributed by atoms with E-state index in [1.54, 1.807) is 6.92 Å². The maximum absolute atomic E-state index is 13.8. The van der Waals surface area contributed by atoms with Crippen molar-refractivity contribution in [3.63, 3.8) is 0 Å². The van der Waals surface area contributed by atoms with Crippen LogP contribution in [-0.2, 0) is 12.8 Å². The molecular weight excluding hydrogens is 454 g/mol. The van der Waals surface area contributed by atoms with Crippen molar-refractivity contribution in [2.24, 2.45) is 4.99 Å². The van der Waals surface area contributed by atoms with Gasteiger partial charge < -0.3 is 20.0 Å². The van der Waals surface area contributed by atoms with Crippen LogP contribution in [-0.4, -0.2) is 47.2 Å². The van der Waals surface area contributed by atoms with Gasteiger partial charge in [-0.3, -0.25) is 9.79 Å². The summed E-state index contributed by atoms with van der Waals surface area (Å²) in [5.41, 5.74) is 0.803. The Kier molecular flexibility index (Phi) is 8.45. The number of hydrogen-bond donors (Lipinski definition) is 3. The zero-order valence-corrected chi connectivity index (χ0v) is 18.7. The van der Waals surface area contributed by atoms with Crippen molar-refractivity contribution in [2.75, 3.05) is 19.6 Å². The van der Waals surface area contributed by atoms with Gasteiger partial charge in [0.05, 0.1) is 22.8 Å². The molecule has 0 saturated heterocycles. The summed E-state index contributed by atoms with van der Waals surface area (Å²) in [6.07, 6.45) is 4.99. The first-order chi connectivity index (χ1) is 15.9.